The van der Waals surface area contributed by atoms with E-state index < -0.39 is 0 Å². The van der Waals surface area contributed by atoms with Gasteiger partial charge >= 0.3 is 0 Å². The van der Waals surface area contributed by atoms with Gasteiger partial charge in [-0.25, -0.2) is 4.68 Å². The Morgan fingerprint density at radius 2 is 2.14 bits per heavy atom. The first-order valence-corrected chi connectivity index (χ1v) is 7.34. The predicted octanol–water partition coefficient (Wildman–Crippen LogP) is 0.335. The Kier molecular flexibility index (Phi) is 4.95. The van der Waals surface area contributed by atoms with Crippen LogP contribution in [-0.2, 0) is 22.7 Å². The van der Waals surface area contributed by atoms with Crippen molar-refractivity contribution in [3.8, 4) is 0 Å². The Bertz CT molecular complexity index is 490. The van der Waals surface area contributed by atoms with Crippen molar-refractivity contribution in [3.63, 3.8) is 0 Å². The van der Waals surface area contributed by atoms with Gasteiger partial charge in [-0.1, -0.05) is 19.1 Å². The van der Waals surface area contributed by atoms with Crippen molar-refractivity contribution < 1.29 is 14.6 Å². The molecule has 1 aliphatic heterocycles. The summed E-state index contributed by atoms with van der Waals surface area (Å²) in [5.74, 6) is 0.556. The van der Waals surface area contributed by atoms with E-state index in [0.717, 1.165) is 0 Å². The zero-order valence-corrected chi connectivity index (χ0v) is 13.0. The zero-order valence-electron chi connectivity index (χ0n) is 13.0. The second-order valence-electron chi connectivity index (χ2n) is 5.91. The molecule has 5 unspecified atom stereocenters. The summed E-state index contributed by atoms with van der Waals surface area (Å²) in [7, 11) is 0. The van der Waals surface area contributed by atoms with Gasteiger partial charge in [-0.3, -0.25) is 4.79 Å². The van der Waals surface area contributed by atoms with Crippen molar-refractivity contribution in [2.75, 3.05) is 0 Å². The molecular weight excluding hydrogens is 272 g/mol. The molecule has 2 heterocycles. The lowest BCUT2D eigenvalue weighted by atomic mass is 9.80. The fourth-order valence-electron chi connectivity index (χ4n) is 2.95. The third-order valence-corrected chi connectivity index (χ3v) is 4.36. The van der Waals surface area contributed by atoms with Crippen molar-refractivity contribution >= 4 is 5.91 Å². The molecule has 0 aromatic carbocycles. The van der Waals surface area contributed by atoms with Crippen molar-refractivity contribution in [2.24, 2.45) is 11.8 Å². The van der Waals surface area contributed by atoms with E-state index in [9.17, 15) is 4.79 Å². The number of carbonyl (C=O) groups is 1. The van der Waals surface area contributed by atoms with Crippen LogP contribution in [0.15, 0.2) is 6.20 Å². The van der Waals surface area contributed by atoms with Crippen molar-refractivity contribution in [3.05, 3.63) is 11.9 Å². The molecule has 1 aliphatic rings. The molecule has 0 spiro atoms. The molecule has 1 saturated heterocycles. The van der Waals surface area contributed by atoms with Gasteiger partial charge in [0.2, 0.25) is 5.91 Å². The summed E-state index contributed by atoms with van der Waals surface area (Å²) in [5, 5.41) is 19.9. The minimum Gasteiger partial charge on any atom is -0.390 e. The molecule has 2 rings (SSSR count). The van der Waals surface area contributed by atoms with Crippen LogP contribution in [0.5, 0.6) is 0 Å². The summed E-state index contributed by atoms with van der Waals surface area (Å²) in [6.45, 7) is 8.25. The van der Waals surface area contributed by atoms with Crippen LogP contribution in [0.1, 0.15) is 33.4 Å². The number of aliphatic hydroxyl groups excluding tert-OH is 1. The van der Waals surface area contributed by atoms with Crippen LogP contribution in [-0.4, -0.2) is 44.3 Å². The average Bonchev–Trinajstić information content (AvgIpc) is 2.88. The van der Waals surface area contributed by atoms with E-state index in [1.807, 2.05) is 6.92 Å². The Morgan fingerprint density at radius 3 is 2.71 bits per heavy atom. The van der Waals surface area contributed by atoms with E-state index in [4.69, 9.17) is 9.84 Å². The number of hydrogen-bond acceptors (Lipinski definition) is 5. The van der Waals surface area contributed by atoms with E-state index in [-0.39, 0.29) is 36.7 Å². The van der Waals surface area contributed by atoms with E-state index >= 15 is 0 Å². The van der Waals surface area contributed by atoms with E-state index in [1.54, 1.807) is 10.9 Å². The van der Waals surface area contributed by atoms with Crippen LogP contribution in [0.2, 0.25) is 0 Å². The van der Waals surface area contributed by atoms with Crippen LogP contribution < -0.4 is 5.32 Å². The second kappa shape index (κ2) is 6.53. The standard InChI is InChI=1S/C14H24N4O3/c1-8-9(2)14(15-11(4)20)10(3)21-13(8)6-18-5-12(7-19)16-17-18/h5,8-10,13-14,19H,6-7H2,1-4H3,(H,15,20). The third-order valence-electron chi connectivity index (χ3n) is 4.36. The molecular formula is C14H24N4O3. The number of nitrogens with zero attached hydrogens (tertiary/aromatic N) is 3. The van der Waals surface area contributed by atoms with Gasteiger partial charge in [0.25, 0.3) is 0 Å². The second-order valence-corrected chi connectivity index (χ2v) is 5.91. The lowest BCUT2D eigenvalue weighted by Gasteiger charge is -2.44. The van der Waals surface area contributed by atoms with Crippen LogP contribution in [0.4, 0.5) is 0 Å². The largest absolute Gasteiger partial charge is 0.390 e. The molecule has 0 radical (unpaired) electrons. The van der Waals surface area contributed by atoms with Crippen LogP contribution in [0, 0.1) is 11.8 Å². The summed E-state index contributed by atoms with van der Waals surface area (Å²) < 4.78 is 7.76. The Balaban J connectivity index is 2.04. The average molecular weight is 296 g/mol. The first kappa shape index (κ1) is 15.9. The molecule has 5 atom stereocenters. The normalized spacial score (nSPS) is 32.9. The summed E-state index contributed by atoms with van der Waals surface area (Å²) in [6.07, 6.45) is 1.69. The summed E-state index contributed by atoms with van der Waals surface area (Å²) >= 11 is 0. The number of amides is 1. The Labute approximate surface area is 124 Å². The number of carbonyl (C=O) groups excluding carboxylic acids is 1. The van der Waals surface area contributed by atoms with Gasteiger partial charge in [0.1, 0.15) is 5.69 Å². The number of nitrogens with one attached hydrogen (secondary N) is 1. The van der Waals surface area contributed by atoms with Gasteiger partial charge in [-0.2, -0.15) is 0 Å². The summed E-state index contributed by atoms with van der Waals surface area (Å²) in [6, 6.07) is 0.0255. The highest BCUT2D eigenvalue weighted by Gasteiger charge is 2.39. The molecule has 2 N–H and O–H groups in total. The summed E-state index contributed by atoms with van der Waals surface area (Å²) in [4.78, 5) is 11.3. The Hall–Kier alpha value is -1.47. The molecule has 1 fully saturated rings. The topological polar surface area (TPSA) is 89.3 Å². The highest BCUT2D eigenvalue weighted by atomic mass is 16.5. The lowest BCUT2D eigenvalue weighted by molar-refractivity contribution is -0.135. The van der Waals surface area contributed by atoms with Crippen LogP contribution in [0.3, 0.4) is 0 Å². The zero-order chi connectivity index (χ0) is 15.6. The number of hydrogen-bond donors (Lipinski definition) is 2. The fourth-order valence-corrected chi connectivity index (χ4v) is 2.95. The number of aromatic nitrogens is 3. The van der Waals surface area contributed by atoms with Crippen molar-refractivity contribution in [1.29, 1.82) is 0 Å². The fraction of sp³-hybridized carbons (Fsp3) is 0.786. The first-order valence-electron chi connectivity index (χ1n) is 7.34. The summed E-state index contributed by atoms with van der Waals surface area (Å²) in [5.41, 5.74) is 0.552. The molecule has 1 aromatic rings. The van der Waals surface area contributed by atoms with Gasteiger partial charge in [-0.15, -0.1) is 5.10 Å². The van der Waals surface area contributed by atoms with Gasteiger partial charge in [0.15, 0.2) is 0 Å². The van der Waals surface area contributed by atoms with E-state index in [2.05, 4.69) is 29.5 Å². The maximum atomic E-state index is 11.3. The van der Waals surface area contributed by atoms with Crippen molar-refractivity contribution in [2.45, 2.75) is 59.1 Å². The molecule has 1 aromatic heterocycles. The number of aliphatic hydroxyl groups is 1. The molecule has 7 heteroatoms. The Morgan fingerprint density at radius 1 is 1.43 bits per heavy atom. The minimum absolute atomic E-state index is 0.00764. The van der Waals surface area contributed by atoms with Gasteiger partial charge in [-0.05, 0) is 18.8 Å². The molecule has 7 nitrogen and oxygen atoms in total. The van der Waals surface area contributed by atoms with E-state index in [0.29, 0.717) is 18.2 Å². The SMILES string of the molecule is CC(=O)NC1C(C)OC(Cn2cc(CO)nn2)C(C)C1C. The van der Waals surface area contributed by atoms with Gasteiger partial charge in [0, 0.05) is 6.92 Å². The molecule has 0 aliphatic carbocycles. The molecule has 0 bridgehead atoms. The lowest BCUT2D eigenvalue weighted by Crippen LogP contribution is -2.56. The van der Waals surface area contributed by atoms with Gasteiger partial charge in [0.05, 0.1) is 37.6 Å². The molecule has 118 valence electrons. The van der Waals surface area contributed by atoms with Crippen LogP contribution in [0.25, 0.3) is 0 Å². The highest BCUT2D eigenvalue weighted by molar-refractivity contribution is 5.73. The monoisotopic (exact) mass is 296 g/mol. The van der Waals surface area contributed by atoms with Crippen molar-refractivity contribution in [1.82, 2.24) is 20.3 Å². The van der Waals surface area contributed by atoms with E-state index in [1.165, 1.54) is 6.92 Å². The highest BCUT2D eigenvalue weighted by Crippen LogP contribution is 2.31. The molecule has 0 saturated carbocycles. The minimum atomic E-state index is -0.113. The maximum absolute atomic E-state index is 11.3. The predicted molar refractivity (Wildman–Crippen MR) is 76.2 cm³/mol. The number of rotatable bonds is 4. The smallest absolute Gasteiger partial charge is 0.217 e. The quantitative estimate of drug-likeness (QED) is 0.836. The maximum Gasteiger partial charge on any atom is 0.217 e. The number of ether oxygens (including phenoxy) is 1. The third kappa shape index (κ3) is 3.59. The molecule has 1 amide bonds. The van der Waals surface area contributed by atoms with Gasteiger partial charge < -0.3 is 15.2 Å². The molecule has 21 heavy (non-hydrogen) atoms. The van der Waals surface area contributed by atoms with Crippen LogP contribution >= 0.6 is 0 Å². The first-order chi connectivity index (χ1) is 9.92.